The van der Waals surface area contributed by atoms with Gasteiger partial charge in [-0.3, -0.25) is 19.4 Å². The van der Waals surface area contributed by atoms with Gasteiger partial charge in [0.25, 0.3) is 0 Å². The summed E-state index contributed by atoms with van der Waals surface area (Å²) in [4.78, 5) is 52.9. The molecule has 12 nitrogen and oxygen atoms in total. The van der Waals surface area contributed by atoms with Crippen LogP contribution in [0.3, 0.4) is 0 Å². The summed E-state index contributed by atoms with van der Waals surface area (Å²) in [7, 11) is 0. The van der Waals surface area contributed by atoms with Gasteiger partial charge in [0.15, 0.2) is 5.96 Å². The Morgan fingerprint density at radius 2 is 1.53 bits per heavy atom. The Kier molecular flexibility index (Phi) is 12.9. The van der Waals surface area contributed by atoms with Crippen LogP contribution in [0.4, 0.5) is 0 Å². The van der Waals surface area contributed by atoms with Crippen LogP contribution >= 0.6 is 0 Å². The van der Waals surface area contributed by atoms with Gasteiger partial charge in [0.05, 0.1) is 6.04 Å². The van der Waals surface area contributed by atoms with Gasteiger partial charge in [-0.15, -0.1) is 0 Å². The molecule has 0 heterocycles. The number of nitrogens with zero attached hydrogens (tertiary/aromatic N) is 1. The summed E-state index contributed by atoms with van der Waals surface area (Å²) in [5.41, 5.74) is 16.3. The first-order valence-electron chi connectivity index (χ1n) is 10.8. The number of carboxylic acids is 1. The van der Waals surface area contributed by atoms with Crippen molar-refractivity contribution in [3.63, 3.8) is 0 Å². The molecule has 0 aliphatic rings. The van der Waals surface area contributed by atoms with E-state index in [4.69, 9.17) is 17.2 Å². The normalized spacial score (nSPS) is 15.6. The van der Waals surface area contributed by atoms with Gasteiger partial charge in [0, 0.05) is 6.54 Å². The van der Waals surface area contributed by atoms with Crippen molar-refractivity contribution in [2.24, 2.45) is 34.0 Å². The van der Waals surface area contributed by atoms with Crippen LogP contribution in [0.15, 0.2) is 4.99 Å². The first-order chi connectivity index (χ1) is 14.8. The van der Waals surface area contributed by atoms with Gasteiger partial charge in [-0.25, -0.2) is 4.79 Å². The molecule has 0 radical (unpaired) electrons. The Balaban J connectivity index is 5.16. The van der Waals surface area contributed by atoms with Gasteiger partial charge in [-0.1, -0.05) is 34.1 Å². The summed E-state index contributed by atoms with van der Waals surface area (Å²) in [5, 5.41) is 17.0. The lowest BCUT2D eigenvalue weighted by Crippen LogP contribution is -2.58. The van der Waals surface area contributed by atoms with E-state index in [0.29, 0.717) is 12.8 Å². The Morgan fingerprint density at radius 1 is 0.938 bits per heavy atom. The fraction of sp³-hybridized carbons (Fsp3) is 0.750. The second-order valence-corrected chi connectivity index (χ2v) is 8.22. The summed E-state index contributed by atoms with van der Waals surface area (Å²) in [6.45, 7) is 8.88. The van der Waals surface area contributed by atoms with Crippen molar-refractivity contribution < 1.29 is 24.3 Å². The van der Waals surface area contributed by atoms with E-state index in [1.54, 1.807) is 20.8 Å². The van der Waals surface area contributed by atoms with E-state index in [1.165, 1.54) is 6.92 Å². The zero-order chi connectivity index (χ0) is 25.0. The van der Waals surface area contributed by atoms with Crippen LogP contribution in [0.2, 0.25) is 0 Å². The first-order valence-corrected chi connectivity index (χ1v) is 10.8. The van der Waals surface area contributed by atoms with E-state index in [2.05, 4.69) is 20.9 Å². The number of nitrogens with two attached hydrogens (primary N) is 3. The van der Waals surface area contributed by atoms with Crippen molar-refractivity contribution >= 4 is 29.7 Å². The fourth-order valence-corrected chi connectivity index (χ4v) is 2.68. The van der Waals surface area contributed by atoms with E-state index in [9.17, 15) is 24.3 Å². The Morgan fingerprint density at radius 3 is 2.00 bits per heavy atom. The maximum Gasteiger partial charge on any atom is 0.326 e. The third-order valence-corrected chi connectivity index (χ3v) is 5.13. The number of carboxylic acid groups (broad SMARTS) is 1. The molecule has 10 N–H and O–H groups in total. The molecule has 0 aliphatic heterocycles. The number of hydrogen-bond acceptors (Lipinski definition) is 6. The predicted octanol–water partition coefficient (Wildman–Crippen LogP) is -1.37. The Hall–Kier alpha value is -2.89. The monoisotopic (exact) mass is 457 g/mol. The molecule has 0 spiro atoms. The molecular weight excluding hydrogens is 418 g/mol. The lowest BCUT2D eigenvalue weighted by molar-refractivity contribution is -0.142. The molecule has 0 fully saturated rings. The molecule has 0 bridgehead atoms. The zero-order valence-corrected chi connectivity index (χ0v) is 19.6. The van der Waals surface area contributed by atoms with E-state index < -0.39 is 47.9 Å². The van der Waals surface area contributed by atoms with Crippen molar-refractivity contribution in [3.05, 3.63) is 0 Å². The molecular formula is C20H39N7O5. The molecule has 5 unspecified atom stereocenters. The summed E-state index contributed by atoms with van der Waals surface area (Å²) >= 11 is 0. The minimum absolute atomic E-state index is 0.101. The number of aliphatic imine (C=N–C) groups is 1. The summed E-state index contributed by atoms with van der Waals surface area (Å²) < 4.78 is 0. The summed E-state index contributed by atoms with van der Waals surface area (Å²) in [5.74, 6) is -3.37. The maximum atomic E-state index is 12.8. The minimum atomic E-state index is -1.21. The lowest BCUT2D eigenvalue weighted by atomic mass is 9.97. The van der Waals surface area contributed by atoms with Crippen LogP contribution in [0.1, 0.15) is 53.9 Å². The number of carbonyl (C=O) groups is 4. The average Bonchev–Trinajstić information content (AvgIpc) is 2.71. The molecule has 0 saturated carbocycles. The number of amides is 3. The topological polar surface area (TPSA) is 215 Å². The van der Waals surface area contributed by atoms with Gasteiger partial charge < -0.3 is 38.3 Å². The number of aliphatic carboxylic acids is 1. The number of hydrogen-bond donors (Lipinski definition) is 7. The highest BCUT2D eigenvalue weighted by Gasteiger charge is 2.31. The number of guanidine groups is 1. The van der Waals surface area contributed by atoms with E-state index in [-0.39, 0.29) is 30.8 Å². The molecule has 0 aromatic rings. The number of carbonyl (C=O) groups excluding carboxylic acids is 3. The Bertz CT molecular complexity index is 679. The van der Waals surface area contributed by atoms with Crippen molar-refractivity contribution in [3.8, 4) is 0 Å². The van der Waals surface area contributed by atoms with Gasteiger partial charge in [0.1, 0.15) is 18.1 Å². The van der Waals surface area contributed by atoms with Crippen molar-refractivity contribution in [1.82, 2.24) is 16.0 Å². The van der Waals surface area contributed by atoms with Crippen molar-refractivity contribution in [2.75, 3.05) is 6.54 Å². The molecule has 32 heavy (non-hydrogen) atoms. The largest absolute Gasteiger partial charge is 0.480 e. The van der Waals surface area contributed by atoms with E-state index >= 15 is 0 Å². The predicted molar refractivity (Wildman–Crippen MR) is 121 cm³/mol. The fourth-order valence-electron chi connectivity index (χ4n) is 2.68. The standard InChI is InChI=1S/C20H39N7O5/c1-6-11(4)15(27-16(28)12(5)25-17(29)14(21)10(2)3)18(30)26-13(19(31)32)8-7-9-24-20(22)23/h10-15H,6-9,21H2,1-5H3,(H,25,29)(H,26,30)(H,27,28)(H,31,32)(H4,22,23,24). The first kappa shape index (κ1) is 29.1. The van der Waals surface area contributed by atoms with Crippen LogP contribution in [-0.4, -0.2) is 65.5 Å². The minimum Gasteiger partial charge on any atom is -0.480 e. The molecule has 0 saturated heterocycles. The Labute approximate surface area is 189 Å². The van der Waals surface area contributed by atoms with Crippen molar-refractivity contribution in [1.29, 1.82) is 0 Å². The highest BCUT2D eigenvalue weighted by Crippen LogP contribution is 2.10. The molecule has 0 rings (SSSR count). The van der Waals surface area contributed by atoms with Crippen LogP contribution in [0, 0.1) is 11.8 Å². The van der Waals surface area contributed by atoms with Gasteiger partial charge in [-0.2, -0.15) is 0 Å². The molecule has 0 aromatic carbocycles. The van der Waals surface area contributed by atoms with Crippen LogP contribution in [-0.2, 0) is 19.2 Å². The third kappa shape index (κ3) is 10.4. The van der Waals surface area contributed by atoms with E-state index in [1.807, 2.05) is 6.92 Å². The van der Waals surface area contributed by atoms with Crippen LogP contribution in [0.25, 0.3) is 0 Å². The highest BCUT2D eigenvalue weighted by molar-refractivity contribution is 5.94. The summed E-state index contributed by atoms with van der Waals surface area (Å²) in [6, 6.07) is -3.85. The van der Waals surface area contributed by atoms with Gasteiger partial charge in [-0.05, 0) is 31.6 Å². The van der Waals surface area contributed by atoms with Crippen molar-refractivity contribution in [2.45, 2.75) is 78.0 Å². The lowest BCUT2D eigenvalue weighted by Gasteiger charge is -2.27. The maximum absolute atomic E-state index is 12.8. The smallest absolute Gasteiger partial charge is 0.326 e. The molecule has 3 amide bonds. The van der Waals surface area contributed by atoms with Gasteiger partial charge in [0.2, 0.25) is 17.7 Å². The second-order valence-electron chi connectivity index (χ2n) is 8.22. The molecule has 5 atom stereocenters. The second kappa shape index (κ2) is 14.2. The SMILES string of the molecule is CCC(C)C(NC(=O)C(C)NC(=O)C(N)C(C)C)C(=O)NC(CCCN=C(N)N)C(=O)O. The third-order valence-electron chi connectivity index (χ3n) is 5.13. The number of rotatable bonds is 14. The molecule has 0 aliphatic carbocycles. The zero-order valence-electron chi connectivity index (χ0n) is 19.6. The average molecular weight is 458 g/mol. The number of nitrogens with one attached hydrogen (secondary N) is 3. The van der Waals surface area contributed by atoms with Gasteiger partial charge >= 0.3 is 5.97 Å². The quantitative estimate of drug-likeness (QED) is 0.0935. The van der Waals surface area contributed by atoms with Crippen LogP contribution < -0.4 is 33.2 Å². The highest BCUT2D eigenvalue weighted by atomic mass is 16.4. The van der Waals surface area contributed by atoms with E-state index in [0.717, 1.165) is 0 Å². The summed E-state index contributed by atoms with van der Waals surface area (Å²) in [6.07, 6.45) is 1.01. The molecule has 184 valence electrons. The molecule has 12 heteroatoms. The van der Waals surface area contributed by atoms with Crippen LogP contribution in [0.5, 0.6) is 0 Å². The molecule has 0 aromatic heterocycles.